The predicted molar refractivity (Wildman–Crippen MR) is 72.7 cm³/mol. The molecule has 0 bridgehead atoms. The third kappa shape index (κ3) is 5.96. The fourth-order valence-corrected chi connectivity index (χ4v) is 2.14. The van der Waals surface area contributed by atoms with E-state index < -0.39 is 8.07 Å². The Hall–Kier alpha value is -0.713. The largest absolute Gasteiger partial charge is 0.508 e. The van der Waals surface area contributed by atoms with Gasteiger partial charge in [-0.25, -0.2) is 0 Å². The minimum absolute atomic E-state index is 0.127. The monoisotopic (exact) mass is 274 g/mol. The molecule has 0 atom stereocenters. The third-order valence-corrected chi connectivity index (χ3v) is 4.21. The van der Waals surface area contributed by atoms with E-state index in [1.165, 1.54) is 12.1 Å². The molecule has 0 heterocycles. The Morgan fingerprint density at radius 1 is 1.29 bits per heavy atom. The molecule has 0 aliphatic rings. The number of aromatic hydroxyl groups is 1. The maximum absolute atomic E-state index is 9.17. The minimum atomic E-state index is -1.04. The Kier molecular flexibility index (Phi) is 5.30. The SMILES string of the molecule is C[Si](C)(C)CCOCOc1ccc(O)cc1Cl. The van der Waals surface area contributed by atoms with Crippen molar-refractivity contribution in [2.24, 2.45) is 0 Å². The summed E-state index contributed by atoms with van der Waals surface area (Å²) in [5.74, 6) is 0.652. The van der Waals surface area contributed by atoms with Gasteiger partial charge in [0, 0.05) is 20.7 Å². The summed E-state index contributed by atoms with van der Waals surface area (Å²) in [6.07, 6.45) is 0. The molecule has 0 aliphatic heterocycles. The molecule has 5 heteroatoms. The van der Waals surface area contributed by atoms with Crippen LogP contribution in [0, 0.1) is 0 Å². The topological polar surface area (TPSA) is 38.7 Å². The van der Waals surface area contributed by atoms with Gasteiger partial charge in [-0.05, 0) is 18.2 Å². The van der Waals surface area contributed by atoms with Crippen LogP contribution in [-0.2, 0) is 4.74 Å². The molecule has 96 valence electrons. The van der Waals surface area contributed by atoms with Crippen LogP contribution >= 0.6 is 11.6 Å². The van der Waals surface area contributed by atoms with Crippen LogP contribution in [0.25, 0.3) is 0 Å². The smallest absolute Gasteiger partial charge is 0.189 e. The fourth-order valence-electron chi connectivity index (χ4n) is 1.15. The normalized spacial score (nSPS) is 11.5. The highest BCUT2D eigenvalue weighted by Crippen LogP contribution is 2.27. The van der Waals surface area contributed by atoms with Crippen molar-refractivity contribution in [2.45, 2.75) is 25.7 Å². The van der Waals surface area contributed by atoms with Crippen LogP contribution in [0.5, 0.6) is 11.5 Å². The molecular formula is C12H19ClO3Si. The zero-order valence-corrected chi connectivity index (χ0v) is 12.3. The number of hydrogen-bond donors (Lipinski definition) is 1. The maximum Gasteiger partial charge on any atom is 0.189 e. The van der Waals surface area contributed by atoms with Gasteiger partial charge in [0.05, 0.1) is 5.02 Å². The van der Waals surface area contributed by atoms with Crippen LogP contribution < -0.4 is 4.74 Å². The molecule has 1 rings (SSSR count). The average molecular weight is 275 g/mol. The van der Waals surface area contributed by atoms with Crippen molar-refractivity contribution in [3.63, 3.8) is 0 Å². The quantitative estimate of drug-likeness (QED) is 0.488. The van der Waals surface area contributed by atoms with Crippen molar-refractivity contribution in [1.82, 2.24) is 0 Å². The highest BCUT2D eigenvalue weighted by Gasteiger charge is 2.12. The molecule has 0 amide bonds. The molecule has 17 heavy (non-hydrogen) atoms. The summed E-state index contributed by atoms with van der Waals surface area (Å²) in [6, 6.07) is 5.71. The minimum Gasteiger partial charge on any atom is -0.508 e. The molecule has 0 saturated carbocycles. The molecule has 0 unspecified atom stereocenters. The zero-order valence-electron chi connectivity index (χ0n) is 10.5. The molecular weight excluding hydrogens is 256 g/mol. The molecule has 0 aliphatic carbocycles. The standard InChI is InChI=1S/C12H19ClO3Si/c1-17(2,3)7-6-15-9-16-12-5-4-10(14)8-11(12)13/h4-5,8,14H,6-7,9H2,1-3H3. The first kappa shape index (κ1) is 14.3. The van der Waals surface area contributed by atoms with Crippen molar-refractivity contribution in [2.75, 3.05) is 13.4 Å². The average Bonchev–Trinajstić information content (AvgIpc) is 2.18. The molecule has 1 aromatic carbocycles. The van der Waals surface area contributed by atoms with Crippen molar-refractivity contribution in [1.29, 1.82) is 0 Å². The van der Waals surface area contributed by atoms with E-state index >= 15 is 0 Å². The van der Waals surface area contributed by atoms with Crippen molar-refractivity contribution in [3.05, 3.63) is 23.2 Å². The number of phenols is 1. The lowest BCUT2D eigenvalue weighted by atomic mass is 10.3. The number of phenolic OH excluding ortho intramolecular Hbond substituents is 1. The van der Waals surface area contributed by atoms with E-state index in [0.717, 1.165) is 6.04 Å². The van der Waals surface area contributed by atoms with Gasteiger partial charge < -0.3 is 14.6 Å². The summed E-state index contributed by atoms with van der Waals surface area (Å²) in [7, 11) is -1.04. The summed E-state index contributed by atoms with van der Waals surface area (Å²) in [4.78, 5) is 0. The Balaban J connectivity index is 2.27. The van der Waals surface area contributed by atoms with E-state index in [4.69, 9.17) is 21.1 Å². The number of ether oxygens (including phenoxy) is 2. The van der Waals surface area contributed by atoms with Gasteiger partial charge in [-0.1, -0.05) is 31.2 Å². The molecule has 0 fully saturated rings. The van der Waals surface area contributed by atoms with Crippen LogP contribution in [0.15, 0.2) is 18.2 Å². The van der Waals surface area contributed by atoms with Crippen LogP contribution in [0.2, 0.25) is 30.7 Å². The lowest BCUT2D eigenvalue weighted by Crippen LogP contribution is -2.22. The number of halogens is 1. The van der Waals surface area contributed by atoms with E-state index in [0.29, 0.717) is 17.4 Å². The lowest BCUT2D eigenvalue weighted by molar-refractivity contribution is 0.0221. The molecule has 1 aromatic rings. The Bertz CT molecular complexity index is 363. The molecule has 0 spiro atoms. The first-order chi connectivity index (χ1) is 7.88. The Morgan fingerprint density at radius 2 is 2.00 bits per heavy atom. The summed E-state index contributed by atoms with van der Waals surface area (Å²) in [6.45, 7) is 7.80. The summed E-state index contributed by atoms with van der Waals surface area (Å²) >= 11 is 5.88. The van der Waals surface area contributed by atoms with E-state index in [1.807, 2.05) is 0 Å². The Labute approximate surface area is 108 Å². The highest BCUT2D eigenvalue weighted by molar-refractivity contribution is 6.76. The zero-order chi connectivity index (χ0) is 12.9. The molecule has 0 aromatic heterocycles. The van der Waals surface area contributed by atoms with Gasteiger partial charge in [-0.3, -0.25) is 0 Å². The summed E-state index contributed by atoms with van der Waals surface area (Å²) < 4.78 is 10.7. The number of hydrogen-bond acceptors (Lipinski definition) is 3. The van der Waals surface area contributed by atoms with E-state index in [9.17, 15) is 5.11 Å². The van der Waals surface area contributed by atoms with Crippen LogP contribution in [0.3, 0.4) is 0 Å². The second-order valence-electron chi connectivity index (χ2n) is 5.10. The van der Waals surface area contributed by atoms with E-state index in [2.05, 4.69) is 19.6 Å². The van der Waals surface area contributed by atoms with Crippen LogP contribution in [0.4, 0.5) is 0 Å². The van der Waals surface area contributed by atoms with Gasteiger partial charge in [0.2, 0.25) is 0 Å². The number of benzene rings is 1. The van der Waals surface area contributed by atoms with E-state index in [-0.39, 0.29) is 12.5 Å². The van der Waals surface area contributed by atoms with Gasteiger partial charge in [0.25, 0.3) is 0 Å². The fraction of sp³-hybridized carbons (Fsp3) is 0.500. The van der Waals surface area contributed by atoms with Gasteiger partial charge in [-0.15, -0.1) is 0 Å². The van der Waals surface area contributed by atoms with Gasteiger partial charge >= 0.3 is 0 Å². The first-order valence-corrected chi connectivity index (χ1v) is 9.66. The predicted octanol–water partition coefficient (Wildman–Crippen LogP) is 3.74. The highest BCUT2D eigenvalue weighted by atomic mass is 35.5. The second-order valence-corrected chi connectivity index (χ2v) is 11.1. The van der Waals surface area contributed by atoms with Crippen molar-refractivity contribution >= 4 is 19.7 Å². The van der Waals surface area contributed by atoms with Crippen molar-refractivity contribution < 1.29 is 14.6 Å². The van der Waals surface area contributed by atoms with Crippen molar-refractivity contribution in [3.8, 4) is 11.5 Å². The molecule has 0 saturated heterocycles. The molecule has 0 radical (unpaired) electrons. The lowest BCUT2D eigenvalue weighted by Gasteiger charge is -2.15. The van der Waals surface area contributed by atoms with Crippen LogP contribution in [0.1, 0.15) is 0 Å². The second kappa shape index (κ2) is 6.28. The molecule has 1 N–H and O–H groups in total. The van der Waals surface area contributed by atoms with Crippen LogP contribution in [-0.4, -0.2) is 26.6 Å². The third-order valence-electron chi connectivity index (χ3n) is 2.21. The van der Waals surface area contributed by atoms with E-state index in [1.54, 1.807) is 6.07 Å². The number of rotatable bonds is 6. The maximum atomic E-state index is 9.17. The summed E-state index contributed by atoms with van der Waals surface area (Å²) in [5.41, 5.74) is 0. The van der Waals surface area contributed by atoms with Gasteiger partial charge in [0.1, 0.15) is 11.5 Å². The Morgan fingerprint density at radius 3 is 2.59 bits per heavy atom. The summed E-state index contributed by atoms with van der Waals surface area (Å²) in [5, 5.41) is 9.56. The molecule has 3 nitrogen and oxygen atoms in total. The first-order valence-electron chi connectivity index (χ1n) is 5.57. The van der Waals surface area contributed by atoms with Gasteiger partial charge in [-0.2, -0.15) is 0 Å². The van der Waals surface area contributed by atoms with Gasteiger partial charge in [0.15, 0.2) is 6.79 Å².